The molecule has 1 fully saturated rings. The van der Waals surface area contributed by atoms with Gasteiger partial charge in [0.15, 0.2) is 0 Å². The SMILES string of the molecule is COc1ccc(F)c2[nH]c(C(=O)N3CCCC(C(=O)O)C3)cc12. The average molecular weight is 320 g/mol. The Kier molecular flexibility index (Phi) is 3.94. The summed E-state index contributed by atoms with van der Waals surface area (Å²) in [6.45, 7) is 0.667. The Morgan fingerprint density at radius 2 is 2.22 bits per heavy atom. The molecule has 1 aromatic heterocycles. The summed E-state index contributed by atoms with van der Waals surface area (Å²) in [7, 11) is 1.48. The summed E-state index contributed by atoms with van der Waals surface area (Å²) in [6.07, 6.45) is 1.20. The molecule has 1 atom stereocenters. The molecule has 122 valence electrons. The number of H-pyrrole nitrogens is 1. The highest BCUT2D eigenvalue weighted by molar-refractivity contribution is 6.00. The van der Waals surface area contributed by atoms with Gasteiger partial charge < -0.3 is 19.7 Å². The number of amides is 1. The fourth-order valence-electron chi connectivity index (χ4n) is 2.99. The fourth-order valence-corrected chi connectivity index (χ4v) is 2.99. The number of hydrogen-bond donors (Lipinski definition) is 2. The lowest BCUT2D eigenvalue weighted by Crippen LogP contribution is -2.42. The zero-order valence-electron chi connectivity index (χ0n) is 12.6. The molecule has 2 aromatic rings. The third-order valence-electron chi connectivity index (χ3n) is 4.21. The van der Waals surface area contributed by atoms with Crippen molar-refractivity contribution in [3.05, 3.63) is 29.7 Å². The maximum atomic E-state index is 13.9. The number of carboxylic acids is 1. The molecular formula is C16H17FN2O4. The first-order valence-electron chi connectivity index (χ1n) is 7.38. The van der Waals surface area contributed by atoms with Crippen molar-refractivity contribution in [3.8, 4) is 5.75 Å². The van der Waals surface area contributed by atoms with Gasteiger partial charge in [0.2, 0.25) is 0 Å². The molecule has 1 aromatic carbocycles. The minimum absolute atomic E-state index is 0.170. The number of piperidine rings is 1. The van der Waals surface area contributed by atoms with E-state index in [4.69, 9.17) is 9.84 Å². The molecule has 7 heteroatoms. The Balaban J connectivity index is 1.92. The zero-order valence-corrected chi connectivity index (χ0v) is 12.6. The molecular weight excluding hydrogens is 303 g/mol. The van der Waals surface area contributed by atoms with Gasteiger partial charge in [-0.05, 0) is 31.0 Å². The van der Waals surface area contributed by atoms with Gasteiger partial charge in [-0.2, -0.15) is 0 Å². The molecule has 23 heavy (non-hydrogen) atoms. The van der Waals surface area contributed by atoms with Crippen LogP contribution in [0.15, 0.2) is 18.2 Å². The number of rotatable bonds is 3. The zero-order chi connectivity index (χ0) is 16.6. The fraction of sp³-hybridized carbons (Fsp3) is 0.375. The number of nitrogens with one attached hydrogen (secondary N) is 1. The van der Waals surface area contributed by atoms with Crippen LogP contribution >= 0.6 is 0 Å². The monoisotopic (exact) mass is 320 g/mol. The molecule has 0 radical (unpaired) electrons. The van der Waals surface area contributed by atoms with E-state index in [9.17, 15) is 14.0 Å². The van der Waals surface area contributed by atoms with Gasteiger partial charge in [-0.25, -0.2) is 4.39 Å². The number of nitrogens with zero attached hydrogens (tertiary/aromatic N) is 1. The highest BCUT2D eigenvalue weighted by Crippen LogP contribution is 2.29. The van der Waals surface area contributed by atoms with Gasteiger partial charge in [-0.3, -0.25) is 9.59 Å². The minimum Gasteiger partial charge on any atom is -0.496 e. The number of halogens is 1. The van der Waals surface area contributed by atoms with Crippen LogP contribution < -0.4 is 4.74 Å². The molecule has 0 saturated carbocycles. The van der Waals surface area contributed by atoms with Crippen LogP contribution in [0.2, 0.25) is 0 Å². The van der Waals surface area contributed by atoms with E-state index < -0.39 is 17.7 Å². The van der Waals surface area contributed by atoms with Gasteiger partial charge in [-0.15, -0.1) is 0 Å². The molecule has 1 amide bonds. The van der Waals surface area contributed by atoms with E-state index in [-0.39, 0.29) is 23.7 Å². The van der Waals surface area contributed by atoms with Crippen LogP contribution in [-0.4, -0.2) is 47.1 Å². The summed E-state index contributed by atoms with van der Waals surface area (Å²) in [5, 5.41) is 9.60. The van der Waals surface area contributed by atoms with Gasteiger partial charge >= 0.3 is 5.97 Å². The number of likely N-dealkylation sites (tertiary alicyclic amines) is 1. The van der Waals surface area contributed by atoms with E-state index in [1.165, 1.54) is 24.1 Å². The average Bonchev–Trinajstić information content (AvgIpc) is 3.01. The summed E-state index contributed by atoms with van der Waals surface area (Å²) in [5.74, 6) is -1.77. The van der Waals surface area contributed by atoms with E-state index in [0.29, 0.717) is 30.5 Å². The molecule has 1 saturated heterocycles. The van der Waals surface area contributed by atoms with Crippen molar-refractivity contribution in [3.63, 3.8) is 0 Å². The summed E-state index contributed by atoms with van der Waals surface area (Å²) in [6, 6.07) is 4.32. The smallest absolute Gasteiger partial charge is 0.308 e. The molecule has 1 unspecified atom stereocenters. The van der Waals surface area contributed by atoms with Crippen molar-refractivity contribution < 1.29 is 23.8 Å². The lowest BCUT2D eigenvalue weighted by molar-refractivity contribution is -0.143. The first-order chi connectivity index (χ1) is 11.0. The summed E-state index contributed by atoms with van der Waals surface area (Å²) >= 11 is 0. The van der Waals surface area contributed by atoms with Crippen LogP contribution in [-0.2, 0) is 4.79 Å². The number of fused-ring (bicyclic) bond motifs is 1. The predicted molar refractivity (Wildman–Crippen MR) is 81.1 cm³/mol. The molecule has 2 heterocycles. The van der Waals surface area contributed by atoms with Crippen LogP contribution in [0, 0.1) is 11.7 Å². The lowest BCUT2D eigenvalue weighted by atomic mass is 9.98. The number of carbonyl (C=O) groups excluding carboxylic acids is 1. The number of ether oxygens (including phenoxy) is 1. The van der Waals surface area contributed by atoms with Crippen molar-refractivity contribution in [2.75, 3.05) is 20.2 Å². The number of aromatic nitrogens is 1. The molecule has 0 bridgehead atoms. The first-order valence-corrected chi connectivity index (χ1v) is 7.38. The highest BCUT2D eigenvalue weighted by atomic mass is 19.1. The predicted octanol–water partition coefficient (Wildman–Crippen LogP) is 2.25. The van der Waals surface area contributed by atoms with Crippen molar-refractivity contribution >= 4 is 22.8 Å². The second kappa shape index (κ2) is 5.91. The molecule has 1 aliphatic rings. The van der Waals surface area contributed by atoms with Crippen LogP contribution in [0.25, 0.3) is 10.9 Å². The Bertz CT molecular complexity index is 771. The van der Waals surface area contributed by atoms with E-state index in [0.717, 1.165) is 0 Å². The Morgan fingerprint density at radius 3 is 2.91 bits per heavy atom. The Morgan fingerprint density at radius 1 is 1.43 bits per heavy atom. The molecule has 0 aliphatic carbocycles. The van der Waals surface area contributed by atoms with E-state index in [1.54, 1.807) is 6.07 Å². The van der Waals surface area contributed by atoms with E-state index in [1.807, 2.05) is 0 Å². The van der Waals surface area contributed by atoms with E-state index >= 15 is 0 Å². The number of methoxy groups -OCH3 is 1. The third kappa shape index (κ3) is 2.74. The van der Waals surface area contributed by atoms with Gasteiger partial charge in [0.05, 0.1) is 18.5 Å². The molecule has 2 N–H and O–H groups in total. The quantitative estimate of drug-likeness (QED) is 0.909. The summed E-state index contributed by atoms with van der Waals surface area (Å²) in [4.78, 5) is 28.0. The molecule has 0 spiro atoms. The second-order valence-corrected chi connectivity index (χ2v) is 5.65. The van der Waals surface area contributed by atoms with Crippen LogP contribution in [0.5, 0.6) is 5.75 Å². The molecule has 1 aliphatic heterocycles. The number of carbonyl (C=O) groups is 2. The van der Waals surface area contributed by atoms with Gasteiger partial charge in [0.25, 0.3) is 5.91 Å². The standard InChI is InChI=1S/C16H17FN2O4/c1-23-13-5-4-11(17)14-10(13)7-12(18-14)15(20)19-6-2-3-9(8-19)16(21)22/h4-5,7,9,18H,2-3,6,8H2,1H3,(H,21,22). The minimum atomic E-state index is -0.896. The number of aromatic amines is 1. The van der Waals surface area contributed by atoms with Crippen molar-refractivity contribution in [1.82, 2.24) is 9.88 Å². The normalized spacial score (nSPS) is 18.2. The van der Waals surface area contributed by atoms with Crippen LogP contribution in [0.4, 0.5) is 4.39 Å². The number of aliphatic carboxylic acids is 1. The van der Waals surface area contributed by atoms with Crippen molar-refractivity contribution in [2.24, 2.45) is 5.92 Å². The topological polar surface area (TPSA) is 82.6 Å². The van der Waals surface area contributed by atoms with Crippen LogP contribution in [0.1, 0.15) is 23.3 Å². The Labute approximate surface area is 131 Å². The van der Waals surface area contributed by atoms with Gasteiger partial charge in [0.1, 0.15) is 17.3 Å². The third-order valence-corrected chi connectivity index (χ3v) is 4.21. The van der Waals surface area contributed by atoms with Crippen LogP contribution in [0.3, 0.4) is 0 Å². The number of carboxylic acid groups (broad SMARTS) is 1. The summed E-state index contributed by atoms with van der Waals surface area (Å²) < 4.78 is 19.1. The number of hydrogen-bond acceptors (Lipinski definition) is 3. The second-order valence-electron chi connectivity index (χ2n) is 5.65. The van der Waals surface area contributed by atoms with Gasteiger partial charge in [-0.1, -0.05) is 0 Å². The number of benzene rings is 1. The largest absolute Gasteiger partial charge is 0.496 e. The molecule has 3 rings (SSSR count). The first kappa shape index (κ1) is 15.3. The van der Waals surface area contributed by atoms with Gasteiger partial charge in [0, 0.05) is 18.5 Å². The van der Waals surface area contributed by atoms with Crippen molar-refractivity contribution in [1.29, 1.82) is 0 Å². The summed E-state index contributed by atoms with van der Waals surface area (Å²) in [5.41, 5.74) is 0.439. The maximum Gasteiger partial charge on any atom is 0.308 e. The maximum absolute atomic E-state index is 13.9. The Hall–Kier alpha value is -2.57. The van der Waals surface area contributed by atoms with Crippen molar-refractivity contribution in [2.45, 2.75) is 12.8 Å². The lowest BCUT2D eigenvalue weighted by Gasteiger charge is -2.30. The molecule has 6 nitrogen and oxygen atoms in total. The van der Waals surface area contributed by atoms with E-state index in [2.05, 4.69) is 4.98 Å². The highest BCUT2D eigenvalue weighted by Gasteiger charge is 2.29.